The van der Waals surface area contributed by atoms with E-state index in [-0.39, 0.29) is 5.01 Å². The molecular formula is C12H11F3N2OS. The zero-order chi connectivity index (χ0) is 14.2. The molecule has 1 N–H and O–H groups in total. The second-order valence-electron chi connectivity index (χ2n) is 4.13. The molecule has 0 saturated heterocycles. The number of aliphatic hydroxyl groups excluding tert-OH is 1. The summed E-state index contributed by atoms with van der Waals surface area (Å²) in [7, 11) is 3.75. The lowest BCUT2D eigenvalue weighted by Crippen LogP contribution is -2.10. The Labute approximate surface area is 111 Å². The third-order valence-electron chi connectivity index (χ3n) is 2.46. The minimum Gasteiger partial charge on any atom is -0.504 e. The Morgan fingerprint density at radius 1 is 1.37 bits per heavy atom. The van der Waals surface area contributed by atoms with Gasteiger partial charge in [-0.2, -0.15) is 13.2 Å². The van der Waals surface area contributed by atoms with Gasteiger partial charge < -0.3 is 10.0 Å². The monoisotopic (exact) mass is 288 g/mol. The molecule has 0 atom stereocenters. The number of hydrogen-bond acceptors (Lipinski definition) is 4. The zero-order valence-electron chi connectivity index (χ0n) is 10.2. The van der Waals surface area contributed by atoms with Gasteiger partial charge in [-0.15, -0.1) is 11.3 Å². The summed E-state index contributed by atoms with van der Waals surface area (Å²) in [5, 5.41) is 9.03. The molecule has 0 aliphatic heterocycles. The molecule has 7 heteroatoms. The molecule has 1 heterocycles. The largest absolute Gasteiger partial charge is 0.504 e. The molecule has 0 bridgehead atoms. The van der Waals surface area contributed by atoms with E-state index in [0.29, 0.717) is 11.6 Å². The maximum Gasteiger partial charge on any atom is 0.448 e. The first-order chi connectivity index (χ1) is 8.77. The summed E-state index contributed by atoms with van der Waals surface area (Å²) < 4.78 is 37.4. The van der Waals surface area contributed by atoms with Crippen molar-refractivity contribution in [1.82, 2.24) is 4.98 Å². The number of aromatic nitrogens is 1. The Hall–Kier alpha value is -1.76. The van der Waals surface area contributed by atoms with E-state index in [9.17, 15) is 13.2 Å². The molecule has 0 spiro atoms. The van der Waals surface area contributed by atoms with Crippen molar-refractivity contribution >= 4 is 33.3 Å². The Kier molecular flexibility index (Phi) is 3.40. The van der Waals surface area contributed by atoms with E-state index >= 15 is 0 Å². The Morgan fingerprint density at radius 2 is 2.05 bits per heavy atom. The molecular weight excluding hydrogens is 277 g/mol. The van der Waals surface area contributed by atoms with Gasteiger partial charge in [0.05, 0.1) is 10.2 Å². The number of halogens is 3. The minimum absolute atomic E-state index is 0.126. The van der Waals surface area contributed by atoms with Crippen molar-refractivity contribution < 1.29 is 18.3 Å². The van der Waals surface area contributed by atoms with Crippen LogP contribution in [-0.4, -0.2) is 30.4 Å². The van der Waals surface area contributed by atoms with Gasteiger partial charge in [0.1, 0.15) is 5.01 Å². The van der Waals surface area contributed by atoms with E-state index in [4.69, 9.17) is 5.11 Å². The van der Waals surface area contributed by atoms with Crippen molar-refractivity contribution in [2.75, 3.05) is 19.0 Å². The average Bonchev–Trinajstić information content (AvgIpc) is 2.68. The number of anilines is 1. The van der Waals surface area contributed by atoms with Crippen LogP contribution in [0.5, 0.6) is 0 Å². The van der Waals surface area contributed by atoms with Crippen LogP contribution < -0.4 is 4.90 Å². The number of thiazole rings is 1. The van der Waals surface area contributed by atoms with E-state index in [1.807, 2.05) is 31.1 Å². The van der Waals surface area contributed by atoms with Gasteiger partial charge in [0.15, 0.2) is 0 Å². The first-order valence-corrected chi connectivity index (χ1v) is 6.15. The highest BCUT2D eigenvalue weighted by atomic mass is 32.1. The number of fused-ring (bicyclic) bond motifs is 1. The first-order valence-electron chi connectivity index (χ1n) is 5.33. The number of benzene rings is 1. The summed E-state index contributed by atoms with van der Waals surface area (Å²) in [5.41, 5.74) is 1.54. The second kappa shape index (κ2) is 4.73. The lowest BCUT2D eigenvalue weighted by Gasteiger charge is -2.11. The SMILES string of the molecule is CN(C)c1ccc2nc(C=C(O)C(F)(F)F)sc2c1. The van der Waals surface area contributed by atoms with Crippen LogP contribution in [-0.2, 0) is 0 Å². The molecule has 0 saturated carbocycles. The van der Waals surface area contributed by atoms with Gasteiger partial charge in [0.2, 0.25) is 5.76 Å². The van der Waals surface area contributed by atoms with Gasteiger partial charge >= 0.3 is 6.18 Å². The zero-order valence-corrected chi connectivity index (χ0v) is 11.0. The quantitative estimate of drug-likeness (QED) is 0.853. The smallest absolute Gasteiger partial charge is 0.448 e. The van der Waals surface area contributed by atoms with Crippen molar-refractivity contribution in [1.29, 1.82) is 0 Å². The molecule has 0 unspecified atom stereocenters. The standard InChI is InChI=1S/C12H11F3N2OS/c1-17(2)7-3-4-8-9(5-7)19-11(16-8)6-10(18)12(13,14)15/h3-6,18H,1-2H3. The van der Waals surface area contributed by atoms with Crippen molar-refractivity contribution in [3.05, 3.63) is 29.0 Å². The summed E-state index contributed by atoms with van der Waals surface area (Å²) in [6, 6.07) is 5.41. The summed E-state index contributed by atoms with van der Waals surface area (Å²) in [5.74, 6) is -1.64. The fraction of sp³-hybridized carbons (Fsp3) is 0.250. The van der Waals surface area contributed by atoms with Gasteiger partial charge in [-0.1, -0.05) is 0 Å². The van der Waals surface area contributed by atoms with E-state index in [2.05, 4.69) is 4.98 Å². The molecule has 102 valence electrons. The van der Waals surface area contributed by atoms with Crippen LogP contribution in [0.4, 0.5) is 18.9 Å². The van der Waals surface area contributed by atoms with Crippen LogP contribution in [0.1, 0.15) is 5.01 Å². The molecule has 0 radical (unpaired) electrons. The first kappa shape index (κ1) is 13.7. The fourth-order valence-corrected chi connectivity index (χ4v) is 2.41. The van der Waals surface area contributed by atoms with Gasteiger partial charge in [0, 0.05) is 25.9 Å². The topological polar surface area (TPSA) is 36.4 Å². The second-order valence-corrected chi connectivity index (χ2v) is 5.19. The van der Waals surface area contributed by atoms with E-state index in [1.165, 1.54) is 0 Å². The van der Waals surface area contributed by atoms with Gasteiger partial charge in [-0.05, 0) is 18.2 Å². The van der Waals surface area contributed by atoms with E-state index < -0.39 is 11.9 Å². The summed E-state index contributed by atoms with van der Waals surface area (Å²) in [6.07, 6.45) is -4.10. The molecule has 1 aromatic carbocycles. The number of nitrogens with zero attached hydrogens (tertiary/aromatic N) is 2. The van der Waals surface area contributed by atoms with E-state index in [1.54, 1.807) is 6.07 Å². The normalized spacial score (nSPS) is 13.0. The van der Waals surface area contributed by atoms with Gasteiger partial charge in [-0.3, -0.25) is 0 Å². The van der Waals surface area contributed by atoms with Crippen molar-refractivity contribution in [3.8, 4) is 0 Å². The predicted octanol–water partition coefficient (Wildman–Crippen LogP) is 3.82. The molecule has 19 heavy (non-hydrogen) atoms. The third-order valence-corrected chi connectivity index (χ3v) is 3.42. The van der Waals surface area contributed by atoms with Gasteiger partial charge in [-0.25, -0.2) is 4.98 Å². The minimum atomic E-state index is -4.74. The number of allylic oxidation sites excluding steroid dienone is 1. The molecule has 0 aliphatic rings. The van der Waals surface area contributed by atoms with Gasteiger partial charge in [0.25, 0.3) is 0 Å². The molecule has 0 fully saturated rings. The van der Waals surface area contributed by atoms with Crippen LogP contribution >= 0.6 is 11.3 Å². The number of rotatable bonds is 2. The van der Waals surface area contributed by atoms with Crippen LogP contribution in [0, 0.1) is 0 Å². The third kappa shape index (κ3) is 2.98. The molecule has 0 amide bonds. The van der Waals surface area contributed by atoms with Crippen molar-refractivity contribution in [3.63, 3.8) is 0 Å². The highest BCUT2D eigenvalue weighted by molar-refractivity contribution is 7.19. The van der Waals surface area contributed by atoms with Crippen molar-refractivity contribution in [2.24, 2.45) is 0 Å². The highest BCUT2D eigenvalue weighted by Crippen LogP contribution is 2.30. The Balaban J connectivity index is 2.42. The number of hydrogen-bond donors (Lipinski definition) is 1. The maximum absolute atomic E-state index is 12.2. The fourth-order valence-electron chi connectivity index (χ4n) is 1.47. The van der Waals surface area contributed by atoms with Crippen molar-refractivity contribution in [2.45, 2.75) is 6.18 Å². The molecule has 3 nitrogen and oxygen atoms in total. The number of aliphatic hydroxyl groups is 1. The van der Waals surface area contributed by atoms with Crippen LogP contribution in [0.15, 0.2) is 24.0 Å². The average molecular weight is 288 g/mol. The summed E-state index contributed by atoms with van der Waals surface area (Å²) in [4.78, 5) is 5.92. The molecule has 1 aromatic heterocycles. The lowest BCUT2D eigenvalue weighted by molar-refractivity contribution is -0.119. The van der Waals surface area contributed by atoms with Crippen LogP contribution in [0.25, 0.3) is 16.3 Å². The molecule has 0 aliphatic carbocycles. The maximum atomic E-state index is 12.2. The summed E-state index contributed by atoms with van der Waals surface area (Å²) >= 11 is 1.10. The molecule has 2 aromatic rings. The Bertz CT molecular complexity index is 631. The van der Waals surface area contributed by atoms with Crippen LogP contribution in [0.2, 0.25) is 0 Å². The number of alkyl halides is 3. The molecule has 2 rings (SSSR count). The van der Waals surface area contributed by atoms with Crippen LogP contribution in [0.3, 0.4) is 0 Å². The predicted molar refractivity (Wildman–Crippen MR) is 70.6 cm³/mol. The lowest BCUT2D eigenvalue weighted by atomic mass is 10.3. The highest BCUT2D eigenvalue weighted by Gasteiger charge is 2.33. The Morgan fingerprint density at radius 3 is 2.63 bits per heavy atom. The van der Waals surface area contributed by atoms with E-state index in [0.717, 1.165) is 21.7 Å². The summed E-state index contributed by atoms with van der Waals surface area (Å²) in [6.45, 7) is 0.